The van der Waals surface area contributed by atoms with Crippen molar-refractivity contribution in [2.45, 2.75) is 6.43 Å². The van der Waals surface area contributed by atoms with E-state index in [1.165, 1.54) is 7.11 Å². The number of carboxylic acid groups (broad SMARTS) is 1. The summed E-state index contributed by atoms with van der Waals surface area (Å²) in [6.45, 7) is 0. The van der Waals surface area contributed by atoms with E-state index in [0.717, 1.165) is 12.3 Å². The standard InChI is InChI=1S/C8H7F2NO3/c1-14-7-5(8(12)13)4(6(9)10)2-3-11-7/h2-3,6H,1H3,(H,12,13). The molecular weight excluding hydrogens is 196 g/mol. The van der Waals surface area contributed by atoms with Gasteiger partial charge >= 0.3 is 5.97 Å². The summed E-state index contributed by atoms with van der Waals surface area (Å²) in [7, 11) is 1.17. The van der Waals surface area contributed by atoms with Crippen molar-refractivity contribution in [2.24, 2.45) is 0 Å². The Morgan fingerprint density at radius 2 is 2.29 bits per heavy atom. The summed E-state index contributed by atoms with van der Waals surface area (Å²) in [5, 5.41) is 8.67. The quantitative estimate of drug-likeness (QED) is 0.812. The number of ether oxygens (including phenoxy) is 1. The van der Waals surface area contributed by atoms with Crippen LogP contribution in [-0.4, -0.2) is 23.2 Å². The molecule has 1 aromatic heterocycles. The predicted molar refractivity (Wildman–Crippen MR) is 42.7 cm³/mol. The Morgan fingerprint density at radius 1 is 1.64 bits per heavy atom. The third kappa shape index (κ3) is 1.78. The zero-order valence-corrected chi connectivity index (χ0v) is 7.20. The van der Waals surface area contributed by atoms with Crippen molar-refractivity contribution in [3.05, 3.63) is 23.4 Å². The maximum absolute atomic E-state index is 12.4. The number of pyridine rings is 1. The summed E-state index contributed by atoms with van der Waals surface area (Å²) in [5.74, 6) is -1.79. The van der Waals surface area contributed by atoms with Gasteiger partial charge in [0.1, 0.15) is 5.56 Å². The number of halogens is 2. The van der Waals surface area contributed by atoms with Gasteiger partial charge in [0.25, 0.3) is 6.43 Å². The van der Waals surface area contributed by atoms with Crippen LogP contribution >= 0.6 is 0 Å². The SMILES string of the molecule is COc1nccc(C(F)F)c1C(=O)O. The summed E-state index contributed by atoms with van der Waals surface area (Å²) in [4.78, 5) is 14.2. The Hall–Kier alpha value is -1.72. The molecule has 0 radical (unpaired) electrons. The molecule has 0 aliphatic rings. The molecule has 0 spiro atoms. The lowest BCUT2D eigenvalue weighted by Gasteiger charge is -2.07. The smallest absolute Gasteiger partial charge is 0.341 e. The van der Waals surface area contributed by atoms with Gasteiger partial charge in [0.05, 0.1) is 7.11 Å². The van der Waals surface area contributed by atoms with E-state index < -0.39 is 23.5 Å². The molecule has 0 saturated carbocycles. The second-order valence-corrected chi connectivity index (χ2v) is 2.39. The van der Waals surface area contributed by atoms with Crippen LogP contribution in [0.1, 0.15) is 22.3 Å². The molecule has 0 aromatic carbocycles. The van der Waals surface area contributed by atoms with Gasteiger partial charge in [-0.2, -0.15) is 0 Å². The van der Waals surface area contributed by atoms with Gasteiger partial charge in [0.2, 0.25) is 5.88 Å². The highest BCUT2D eigenvalue weighted by Gasteiger charge is 2.22. The van der Waals surface area contributed by atoms with Crippen molar-refractivity contribution in [3.8, 4) is 5.88 Å². The summed E-state index contributed by atoms with van der Waals surface area (Å²) >= 11 is 0. The normalized spacial score (nSPS) is 10.3. The Bertz CT molecular complexity index is 354. The maximum Gasteiger partial charge on any atom is 0.341 e. The molecule has 14 heavy (non-hydrogen) atoms. The summed E-state index contributed by atoms with van der Waals surface area (Å²) in [6, 6.07) is 0.955. The fourth-order valence-corrected chi connectivity index (χ4v) is 1.01. The molecule has 0 saturated heterocycles. The number of carbonyl (C=O) groups is 1. The van der Waals surface area contributed by atoms with Crippen LogP contribution in [-0.2, 0) is 0 Å². The monoisotopic (exact) mass is 203 g/mol. The van der Waals surface area contributed by atoms with Gasteiger partial charge in [-0.15, -0.1) is 0 Å². The summed E-state index contributed by atoms with van der Waals surface area (Å²) < 4.78 is 29.3. The lowest BCUT2D eigenvalue weighted by atomic mass is 10.1. The van der Waals surface area contributed by atoms with E-state index in [2.05, 4.69) is 9.72 Å². The second-order valence-electron chi connectivity index (χ2n) is 2.39. The first-order valence-corrected chi connectivity index (χ1v) is 3.62. The first kappa shape index (κ1) is 10.4. The average Bonchev–Trinajstić information content (AvgIpc) is 2.16. The van der Waals surface area contributed by atoms with Gasteiger partial charge in [-0.25, -0.2) is 18.6 Å². The minimum Gasteiger partial charge on any atom is -0.480 e. The van der Waals surface area contributed by atoms with Crippen molar-refractivity contribution >= 4 is 5.97 Å². The fourth-order valence-electron chi connectivity index (χ4n) is 1.01. The van der Waals surface area contributed by atoms with Gasteiger partial charge in [-0.1, -0.05) is 0 Å². The van der Waals surface area contributed by atoms with E-state index in [1.54, 1.807) is 0 Å². The molecule has 1 N–H and O–H groups in total. The van der Waals surface area contributed by atoms with Crippen molar-refractivity contribution in [3.63, 3.8) is 0 Å². The van der Waals surface area contributed by atoms with Crippen LogP contribution in [0.3, 0.4) is 0 Å². The molecule has 0 aliphatic heterocycles. The van der Waals surface area contributed by atoms with Crippen LogP contribution in [0.5, 0.6) is 5.88 Å². The van der Waals surface area contributed by atoms with Crippen molar-refractivity contribution in [1.29, 1.82) is 0 Å². The number of rotatable bonds is 3. The van der Waals surface area contributed by atoms with Gasteiger partial charge in [-0.05, 0) is 6.07 Å². The molecule has 0 unspecified atom stereocenters. The van der Waals surface area contributed by atoms with Gasteiger partial charge in [0.15, 0.2) is 0 Å². The number of methoxy groups -OCH3 is 1. The molecular formula is C8H7F2NO3. The number of hydrogen-bond acceptors (Lipinski definition) is 3. The van der Waals surface area contributed by atoms with Crippen LogP contribution in [0.4, 0.5) is 8.78 Å². The Balaban J connectivity index is 3.35. The molecule has 1 aromatic rings. The number of aromatic carboxylic acids is 1. The number of hydrogen-bond donors (Lipinski definition) is 1. The lowest BCUT2D eigenvalue weighted by molar-refractivity contribution is 0.0679. The van der Waals surface area contributed by atoms with Gasteiger partial charge in [-0.3, -0.25) is 0 Å². The maximum atomic E-state index is 12.4. The Labute approximate surface area is 78.1 Å². The lowest BCUT2D eigenvalue weighted by Crippen LogP contribution is -2.07. The van der Waals surface area contributed by atoms with E-state index in [-0.39, 0.29) is 5.88 Å². The molecule has 0 amide bonds. The molecule has 0 atom stereocenters. The highest BCUT2D eigenvalue weighted by molar-refractivity contribution is 5.92. The van der Waals surface area contributed by atoms with E-state index in [0.29, 0.717) is 0 Å². The average molecular weight is 203 g/mol. The summed E-state index contributed by atoms with van der Waals surface area (Å²) in [6.07, 6.45) is -1.79. The van der Waals surface area contributed by atoms with E-state index in [9.17, 15) is 13.6 Å². The molecule has 0 fully saturated rings. The van der Waals surface area contributed by atoms with Crippen molar-refractivity contribution in [1.82, 2.24) is 4.98 Å². The van der Waals surface area contributed by atoms with Crippen molar-refractivity contribution < 1.29 is 23.4 Å². The molecule has 76 valence electrons. The number of carboxylic acids is 1. The van der Waals surface area contributed by atoms with Gasteiger partial charge in [0, 0.05) is 11.8 Å². The molecule has 4 nitrogen and oxygen atoms in total. The molecule has 0 aliphatic carbocycles. The first-order chi connectivity index (χ1) is 6.57. The largest absolute Gasteiger partial charge is 0.480 e. The van der Waals surface area contributed by atoms with E-state index in [4.69, 9.17) is 5.11 Å². The van der Waals surface area contributed by atoms with Crippen molar-refractivity contribution in [2.75, 3.05) is 7.11 Å². The fraction of sp³-hybridized carbons (Fsp3) is 0.250. The van der Waals surface area contributed by atoms with E-state index in [1.807, 2.05) is 0 Å². The third-order valence-electron chi connectivity index (χ3n) is 1.59. The summed E-state index contributed by atoms with van der Waals surface area (Å²) in [5.41, 5.74) is -1.19. The highest BCUT2D eigenvalue weighted by Crippen LogP contribution is 2.27. The Morgan fingerprint density at radius 3 is 2.71 bits per heavy atom. The minimum atomic E-state index is -2.86. The third-order valence-corrected chi connectivity index (χ3v) is 1.59. The van der Waals surface area contributed by atoms with Crippen LogP contribution < -0.4 is 4.74 Å². The molecule has 6 heteroatoms. The van der Waals surface area contributed by atoms with Crippen LogP contribution in [0.25, 0.3) is 0 Å². The van der Waals surface area contributed by atoms with Crippen LogP contribution in [0.15, 0.2) is 12.3 Å². The number of alkyl halides is 2. The van der Waals surface area contributed by atoms with Gasteiger partial charge < -0.3 is 9.84 Å². The number of nitrogens with zero attached hydrogens (tertiary/aromatic N) is 1. The molecule has 1 rings (SSSR count). The first-order valence-electron chi connectivity index (χ1n) is 3.62. The highest BCUT2D eigenvalue weighted by atomic mass is 19.3. The zero-order chi connectivity index (χ0) is 10.7. The van der Waals surface area contributed by atoms with Crippen LogP contribution in [0.2, 0.25) is 0 Å². The van der Waals surface area contributed by atoms with Crippen LogP contribution in [0, 0.1) is 0 Å². The molecule has 0 bridgehead atoms. The van der Waals surface area contributed by atoms with E-state index >= 15 is 0 Å². The minimum absolute atomic E-state index is 0.310. The topological polar surface area (TPSA) is 59.4 Å². The second kappa shape index (κ2) is 3.99. The number of aromatic nitrogens is 1. The Kier molecular flexibility index (Phi) is 2.95. The molecule has 1 heterocycles. The zero-order valence-electron chi connectivity index (χ0n) is 7.20. The predicted octanol–water partition coefficient (Wildman–Crippen LogP) is 1.73.